The zero-order chi connectivity index (χ0) is 27.3. The Morgan fingerprint density at radius 2 is 1.82 bits per heavy atom. The second-order valence-corrected chi connectivity index (χ2v) is 10.7. The van der Waals surface area contributed by atoms with Gasteiger partial charge < -0.3 is 23.4 Å². The van der Waals surface area contributed by atoms with Gasteiger partial charge in [-0.3, -0.25) is 9.59 Å². The summed E-state index contributed by atoms with van der Waals surface area (Å²) in [6.45, 7) is 7.48. The molecule has 2 atom stereocenters. The summed E-state index contributed by atoms with van der Waals surface area (Å²) in [6.07, 6.45) is 1.46. The Morgan fingerprint density at radius 3 is 2.47 bits per heavy atom. The van der Waals surface area contributed by atoms with Crippen molar-refractivity contribution in [2.45, 2.75) is 65.8 Å². The molecule has 2 heterocycles. The van der Waals surface area contributed by atoms with E-state index in [0.717, 1.165) is 5.56 Å². The molecule has 200 valence electrons. The summed E-state index contributed by atoms with van der Waals surface area (Å²) >= 11 is 0. The number of hydrogen-bond acceptors (Lipinski definition) is 8. The van der Waals surface area contributed by atoms with Crippen LogP contribution in [-0.4, -0.2) is 24.6 Å². The first kappa shape index (κ1) is 25.8. The maximum atomic E-state index is 13.5. The predicted molar refractivity (Wildman–Crippen MR) is 139 cm³/mol. The highest BCUT2D eigenvalue weighted by Crippen LogP contribution is 2.65. The molecule has 0 N–H and O–H groups in total. The monoisotopic (exact) mass is 520 g/mol. The van der Waals surface area contributed by atoms with Crippen LogP contribution in [0.1, 0.15) is 57.4 Å². The first-order valence-electron chi connectivity index (χ1n) is 12.8. The van der Waals surface area contributed by atoms with E-state index in [1.165, 1.54) is 6.07 Å². The molecule has 5 rings (SSSR count). The Balaban J connectivity index is 1.49. The second kappa shape index (κ2) is 9.19. The van der Waals surface area contributed by atoms with Gasteiger partial charge in [0.2, 0.25) is 5.60 Å². The van der Waals surface area contributed by atoms with E-state index in [-0.39, 0.29) is 24.6 Å². The minimum atomic E-state index is -1.36. The van der Waals surface area contributed by atoms with Crippen LogP contribution in [-0.2, 0) is 38.7 Å². The molecule has 8 nitrogen and oxygen atoms in total. The number of aryl methyl sites for hydroxylation is 1. The van der Waals surface area contributed by atoms with Crippen molar-refractivity contribution in [3.8, 4) is 11.5 Å². The maximum absolute atomic E-state index is 13.5. The van der Waals surface area contributed by atoms with Crippen LogP contribution in [0.4, 0.5) is 0 Å². The van der Waals surface area contributed by atoms with E-state index in [9.17, 15) is 14.4 Å². The Morgan fingerprint density at radius 1 is 1.03 bits per heavy atom. The fourth-order valence-corrected chi connectivity index (χ4v) is 5.63. The third kappa shape index (κ3) is 3.77. The number of benzene rings is 2. The molecule has 1 aliphatic carbocycles. The largest absolute Gasteiger partial charge is 0.497 e. The van der Waals surface area contributed by atoms with E-state index < -0.39 is 22.4 Å². The molecule has 2 fully saturated rings. The highest BCUT2D eigenvalue weighted by Gasteiger charge is 2.76. The molecule has 0 amide bonds. The normalized spacial score (nSPS) is 23.3. The van der Waals surface area contributed by atoms with Gasteiger partial charge in [0.15, 0.2) is 5.43 Å². The number of methoxy groups -OCH3 is 1. The van der Waals surface area contributed by atoms with E-state index in [1.54, 1.807) is 19.2 Å². The van der Waals surface area contributed by atoms with Crippen molar-refractivity contribution in [3.63, 3.8) is 0 Å². The third-order valence-electron chi connectivity index (χ3n) is 8.65. The molecule has 0 spiro atoms. The minimum Gasteiger partial charge on any atom is -0.497 e. The quantitative estimate of drug-likeness (QED) is 0.378. The number of rotatable bonds is 8. The minimum absolute atomic E-state index is 0.189. The summed E-state index contributed by atoms with van der Waals surface area (Å²) in [6, 6.07) is 12.3. The first-order valence-corrected chi connectivity index (χ1v) is 12.8. The summed E-state index contributed by atoms with van der Waals surface area (Å²) in [5.74, 6) is 0.643. The van der Waals surface area contributed by atoms with Gasteiger partial charge in [-0.1, -0.05) is 32.9 Å². The van der Waals surface area contributed by atoms with E-state index in [0.29, 0.717) is 53.1 Å². The predicted octanol–water partition coefficient (Wildman–Crippen LogP) is 5.11. The lowest BCUT2D eigenvalue weighted by Crippen LogP contribution is -2.48. The number of carbonyl (C=O) groups is 2. The molecule has 1 aliphatic heterocycles. The molecule has 1 saturated carbocycles. The highest BCUT2D eigenvalue weighted by atomic mass is 16.6. The van der Waals surface area contributed by atoms with Crippen molar-refractivity contribution >= 4 is 22.9 Å². The molecule has 38 heavy (non-hydrogen) atoms. The molecular weight excluding hydrogens is 488 g/mol. The molecule has 8 heteroatoms. The number of hydrogen-bond donors (Lipinski definition) is 0. The average molecular weight is 521 g/mol. The molecule has 0 radical (unpaired) electrons. The summed E-state index contributed by atoms with van der Waals surface area (Å²) in [5, 5.41) is 0.362. The van der Waals surface area contributed by atoms with E-state index >= 15 is 0 Å². The molecule has 2 aromatic carbocycles. The third-order valence-corrected chi connectivity index (χ3v) is 8.65. The molecule has 1 aromatic heterocycles. The van der Waals surface area contributed by atoms with Gasteiger partial charge in [-0.15, -0.1) is 0 Å². The van der Waals surface area contributed by atoms with Crippen LogP contribution in [0.5, 0.6) is 11.5 Å². The maximum Gasteiger partial charge on any atom is 0.351 e. The highest BCUT2D eigenvalue weighted by molar-refractivity contribution is 5.93. The summed E-state index contributed by atoms with van der Waals surface area (Å²) in [4.78, 5) is 39.0. The summed E-state index contributed by atoms with van der Waals surface area (Å²) in [7, 11) is 1.60. The fourth-order valence-electron chi connectivity index (χ4n) is 5.63. The van der Waals surface area contributed by atoms with Crippen LogP contribution < -0.4 is 14.9 Å². The van der Waals surface area contributed by atoms with Crippen molar-refractivity contribution in [2.75, 3.05) is 7.11 Å². The van der Waals surface area contributed by atoms with Gasteiger partial charge in [-0.2, -0.15) is 0 Å². The lowest BCUT2D eigenvalue weighted by molar-refractivity contribution is -0.184. The second-order valence-electron chi connectivity index (χ2n) is 10.7. The Bertz CT molecular complexity index is 1490. The number of fused-ring (bicyclic) bond motifs is 3. The fraction of sp³-hybridized carbons (Fsp3) is 0.433. The van der Waals surface area contributed by atoms with Crippen molar-refractivity contribution in [1.82, 2.24) is 0 Å². The summed E-state index contributed by atoms with van der Waals surface area (Å²) in [5.41, 5.74) is -1.42. The molecule has 2 bridgehead atoms. The zero-order valence-electron chi connectivity index (χ0n) is 22.3. The lowest BCUT2D eigenvalue weighted by atomic mass is 9.66. The van der Waals surface area contributed by atoms with Gasteiger partial charge in [0.05, 0.1) is 23.5 Å². The Kier molecular flexibility index (Phi) is 6.24. The Labute approximate surface area is 220 Å². The van der Waals surface area contributed by atoms with E-state index in [1.807, 2.05) is 52.0 Å². The van der Waals surface area contributed by atoms with Gasteiger partial charge in [0.25, 0.3) is 0 Å². The molecule has 1 saturated heterocycles. The summed E-state index contributed by atoms with van der Waals surface area (Å²) < 4.78 is 29.0. The number of ether oxygens (including phenoxy) is 4. The number of carbonyl (C=O) groups excluding carboxylic acids is 2. The standard InChI is InChI=1S/C30H32O8/c1-6-19-15-23(31)21-10-11-24(35-16-18-8-7-9-20(14-18)34-5)22(25(21)37-19)17-36-27(33)30-13-12-29(4,26(32)38-30)28(30,2)3/h7-11,14-15H,6,12-13,16-17H2,1-5H3. The van der Waals surface area contributed by atoms with Crippen molar-refractivity contribution in [2.24, 2.45) is 10.8 Å². The van der Waals surface area contributed by atoms with Crippen molar-refractivity contribution in [3.05, 3.63) is 69.6 Å². The number of esters is 2. The van der Waals surface area contributed by atoms with Gasteiger partial charge >= 0.3 is 11.9 Å². The molecule has 2 aliphatic rings. The molecule has 2 unspecified atom stereocenters. The van der Waals surface area contributed by atoms with Crippen LogP contribution in [0, 0.1) is 10.8 Å². The topological polar surface area (TPSA) is 101 Å². The van der Waals surface area contributed by atoms with Crippen LogP contribution in [0.3, 0.4) is 0 Å². The SMILES string of the molecule is CCc1cc(=O)c2ccc(OCc3cccc(OC)c3)c(COC(=O)C34CCC(C)(C(=O)O3)C4(C)C)c2o1. The zero-order valence-corrected chi connectivity index (χ0v) is 22.3. The first-order chi connectivity index (χ1) is 18.1. The molecular formula is C30H32O8. The Hall–Kier alpha value is -3.81. The average Bonchev–Trinajstić information content (AvgIpc) is 3.21. The smallest absolute Gasteiger partial charge is 0.351 e. The van der Waals surface area contributed by atoms with Crippen LogP contribution in [0.2, 0.25) is 0 Å². The lowest BCUT2D eigenvalue weighted by Gasteiger charge is -2.34. The van der Waals surface area contributed by atoms with Gasteiger partial charge in [0.1, 0.15) is 36.1 Å². The molecule has 3 aromatic rings. The van der Waals surface area contributed by atoms with Gasteiger partial charge in [-0.25, -0.2) is 4.79 Å². The van der Waals surface area contributed by atoms with E-state index in [2.05, 4.69) is 0 Å². The van der Waals surface area contributed by atoms with Crippen molar-refractivity contribution in [1.29, 1.82) is 0 Å². The van der Waals surface area contributed by atoms with Gasteiger partial charge in [0, 0.05) is 17.9 Å². The van der Waals surface area contributed by atoms with E-state index in [4.69, 9.17) is 23.4 Å². The van der Waals surface area contributed by atoms with Crippen LogP contribution in [0.15, 0.2) is 51.7 Å². The van der Waals surface area contributed by atoms with Gasteiger partial charge in [-0.05, 0) is 49.6 Å². The van der Waals surface area contributed by atoms with Crippen LogP contribution >= 0.6 is 0 Å². The van der Waals surface area contributed by atoms with Crippen molar-refractivity contribution < 1.29 is 33.0 Å². The van der Waals surface area contributed by atoms with Crippen LogP contribution in [0.25, 0.3) is 11.0 Å².